The Hall–Kier alpha value is -2.46. The molecule has 0 aliphatic rings. The van der Waals surface area contributed by atoms with Crippen molar-refractivity contribution in [2.24, 2.45) is 0 Å². The molecule has 2 rings (SSSR count). The molecular weight excluding hydrogens is 338 g/mol. The van der Waals surface area contributed by atoms with Crippen LogP contribution in [0.2, 0.25) is 0 Å². The number of nitrogens with zero attached hydrogens (tertiary/aromatic N) is 2. The van der Waals surface area contributed by atoms with Crippen molar-refractivity contribution >= 4 is 40.6 Å². The maximum absolute atomic E-state index is 12.0. The quantitative estimate of drug-likeness (QED) is 0.497. The van der Waals surface area contributed by atoms with Gasteiger partial charge in [-0.05, 0) is 36.3 Å². The minimum absolute atomic E-state index is 0.178. The number of anilines is 1. The van der Waals surface area contributed by atoms with Crippen molar-refractivity contribution in [3.8, 4) is 5.75 Å². The van der Waals surface area contributed by atoms with Gasteiger partial charge in [0.25, 0.3) is 0 Å². The number of aromatic nitrogens is 2. The molecule has 1 aromatic heterocycles. The maximum Gasteiger partial charge on any atom is 0.339 e. The lowest BCUT2D eigenvalue weighted by Crippen LogP contribution is -2.45. The summed E-state index contributed by atoms with van der Waals surface area (Å²) in [6, 6.07) is 6.03. The van der Waals surface area contributed by atoms with Crippen LogP contribution in [-0.2, 0) is 11.2 Å². The zero-order valence-electron chi connectivity index (χ0n) is 12.2. The molecule has 0 aliphatic heterocycles. The van der Waals surface area contributed by atoms with Crippen LogP contribution >= 0.6 is 23.6 Å². The topological polar surface area (TPSA) is 110 Å². The van der Waals surface area contributed by atoms with Crippen molar-refractivity contribution in [2.45, 2.75) is 12.8 Å². The summed E-state index contributed by atoms with van der Waals surface area (Å²) in [6.07, 6.45) is 0.733. The van der Waals surface area contributed by atoms with Crippen molar-refractivity contribution in [1.82, 2.24) is 20.6 Å². The highest BCUT2D eigenvalue weighted by Gasteiger charge is 2.13. The molecular formula is C13H15N5O3S2. The Kier molecular flexibility index (Phi) is 5.66. The number of nitrogens with one attached hydrogen (secondary N) is 3. The van der Waals surface area contributed by atoms with Crippen LogP contribution in [0.3, 0.4) is 0 Å². The predicted octanol–water partition coefficient (Wildman–Crippen LogP) is 2.03. The molecule has 0 radical (unpaired) electrons. The van der Waals surface area contributed by atoms with Crippen LogP contribution < -0.4 is 10.7 Å². The van der Waals surface area contributed by atoms with E-state index in [9.17, 15) is 14.7 Å². The van der Waals surface area contributed by atoms with Gasteiger partial charge in [0.15, 0.2) is 3.95 Å². The van der Waals surface area contributed by atoms with E-state index in [2.05, 4.69) is 20.9 Å². The third kappa shape index (κ3) is 5.34. The minimum atomic E-state index is -0.580. The van der Waals surface area contributed by atoms with Gasteiger partial charge >= 0.3 is 6.03 Å². The maximum atomic E-state index is 12.0. The van der Waals surface area contributed by atoms with E-state index in [1.807, 2.05) is 0 Å². The molecule has 8 nitrogen and oxygen atoms in total. The van der Waals surface area contributed by atoms with Crippen LogP contribution in [0, 0.1) is 3.95 Å². The van der Waals surface area contributed by atoms with E-state index < -0.39 is 6.03 Å². The highest BCUT2D eigenvalue weighted by molar-refractivity contribution is 7.73. The van der Waals surface area contributed by atoms with Gasteiger partial charge in [0.05, 0.1) is 0 Å². The van der Waals surface area contributed by atoms with Crippen molar-refractivity contribution in [1.29, 1.82) is 0 Å². The number of aromatic hydroxyl groups is 1. The summed E-state index contributed by atoms with van der Waals surface area (Å²) in [7, 11) is 1.46. The predicted molar refractivity (Wildman–Crippen MR) is 88.7 cm³/mol. The van der Waals surface area contributed by atoms with Gasteiger partial charge in [0.2, 0.25) is 11.0 Å². The second-order valence-corrected chi connectivity index (χ2v) is 6.27. The van der Waals surface area contributed by atoms with E-state index >= 15 is 0 Å². The largest absolute Gasteiger partial charge is 0.508 e. The van der Waals surface area contributed by atoms with E-state index in [1.54, 1.807) is 24.3 Å². The van der Waals surface area contributed by atoms with Gasteiger partial charge < -0.3 is 5.11 Å². The molecule has 4 N–H and O–H groups in total. The molecule has 0 unspecified atom stereocenters. The highest BCUT2D eigenvalue weighted by atomic mass is 32.1. The van der Waals surface area contributed by atoms with Gasteiger partial charge in [-0.25, -0.2) is 10.2 Å². The summed E-state index contributed by atoms with van der Waals surface area (Å²) in [5, 5.41) is 19.4. The Bertz CT molecular complexity index is 741. The van der Waals surface area contributed by atoms with Crippen molar-refractivity contribution in [3.63, 3.8) is 0 Å². The van der Waals surface area contributed by atoms with Gasteiger partial charge in [-0.2, -0.15) is 0 Å². The Morgan fingerprint density at radius 3 is 2.70 bits per heavy atom. The first-order valence-electron chi connectivity index (χ1n) is 6.61. The fraction of sp³-hybridized carbons (Fsp3) is 0.231. The Morgan fingerprint density at radius 1 is 1.39 bits per heavy atom. The number of rotatable bonds is 4. The zero-order chi connectivity index (χ0) is 16.8. The molecule has 0 spiro atoms. The fourth-order valence-corrected chi connectivity index (χ4v) is 2.49. The van der Waals surface area contributed by atoms with Gasteiger partial charge in [0, 0.05) is 13.5 Å². The number of amides is 3. The molecule has 0 saturated heterocycles. The van der Waals surface area contributed by atoms with Gasteiger partial charge in [-0.15, -0.1) is 5.10 Å². The van der Waals surface area contributed by atoms with E-state index in [-0.39, 0.29) is 18.1 Å². The number of phenols is 1. The Morgan fingerprint density at radius 2 is 2.09 bits per heavy atom. The van der Waals surface area contributed by atoms with Crippen LogP contribution in [0.15, 0.2) is 24.3 Å². The van der Waals surface area contributed by atoms with Crippen molar-refractivity contribution < 1.29 is 14.7 Å². The Labute approximate surface area is 141 Å². The molecule has 2 aromatic rings. The smallest absolute Gasteiger partial charge is 0.339 e. The molecule has 3 amide bonds. The molecule has 1 aromatic carbocycles. The number of aryl methyl sites for hydroxylation is 1. The standard InChI is InChI=1S/C13H15N5O3S2/c1-18(17-11(21)14-12-15-16-13(22)23-12)10(20)7-4-8-2-5-9(19)6-3-8/h2-3,5-6,19H,4,7H2,1H3,(H,16,22)(H2,14,15,17,21). The molecule has 10 heteroatoms. The number of carbonyl (C=O) groups excluding carboxylic acids is 2. The number of H-pyrrole nitrogens is 1. The summed E-state index contributed by atoms with van der Waals surface area (Å²) in [6.45, 7) is 0. The number of phenolic OH excluding ortho intramolecular Hbond substituents is 1. The number of hydrogen-bond donors (Lipinski definition) is 4. The van der Waals surface area contributed by atoms with Gasteiger partial charge in [-0.1, -0.05) is 23.5 Å². The zero-order valence-corrected chi connectivity index (χ0v) is 13.8. The lowest BCUT2D eigenvalue weighted by Gasteiger charge is -2.18. The molecule has 0 bridgehead atoms. The van der Waals surface area contributed by atoms with E-state index in [0.717, 1.165) is 21.9 Å². The van der Waals surface area contributed by atoms with Crippen molar-refractivity contribution in [2.75, 3.05) is 12.4 Å². The summed E-state index contributed by atoms with van der Waals surface area (Å²) >= 11 is 5.97. The first kappa shape index (κ1) is 16.9. The third-order valence-corrected chi connectivity index (χ3v) is 3.87. The Balaban J connectivity index is 1.78. The van der Waals surface area contributed by atoms with Crippen LogP contribution in [-0.4, -0.2) is 39.3 Å². The first-order valence-corrected chi connectivity index (χ1v) is 7.84. The number of urea groups is 1. The average molecular weight is 353 g/mol. The van der Waals surface area contributed by atoms with E-state index in [0.29, 0.717) is 15.5 Å². The number of hydrogen-bond acceptors (Lipinski definition) is 6. The van der Waals surface area contributed by atoms with Crippen LogP contribution in [0.1, 0.15) is 12.0 Å². The first-order chi connectivity index (χ1) is 10.9. The van der Waals surface area contributed by atoms with Gasteiger partial charge in [-0.3, -0.25) is 20.2 Å². The monoisotopic (exact) mass is 353 g/mol. The summed E-state index contributed by atoms with van der Waals surface area (Å²) in [5.74, 6) is -0.0694. The second kappa shape index (κ2) is 7.70. The van der Waals surface area contributed by atoms with E-state index in [4.69, 9.17) is 12.2 Å². The molecule has 23 heavy (non-hydrogen) atoms. The highest BCUT2D eigenvalue weighted by Crippen LogP contribution is 2.12. The molecule has 122 valence electrons. The van der Waals surface area contributed by atoms with Crippen LogP contribution in [0.25, 0.3) is 0 Å². The van der Waals surface area contributed by atoms with Crippen molar-refractivity contribution in [3.05, 3.63) is 33.8 Å². The average Bonchev–Trinajstić information content (AvgIpc) is 2.91. The van der Waals surface area contributed by atoms with Gasteiger partial charge in [0.1, 0.15) is 5.75 Å². The third-order valence-electron chi connectivity index (χ3n) is 2.87. The lowest BCUT2D eigenvalue weighted by atomic mass is 10.1. The normalized spacial score (nSPS) is 10.1. The number of benzene rings is 1. The second-order valence-electron chi connectivity index (χ2n) is 4.60. The van der Waals surface area contributed by atoms with Crippen LogP contribution in [0.4, 0.5) is 9.93 Å². The molecule has 0 saturated carbocycles. The number of carbonyl (C=O) groups is 2. The number of hydrazine groups is 1. The summed E-state index contributed by atoms with van der Waals surface area (Å²) < 4.78 is 0.443. The molecule has 1 heterocycles. The fourth-order valence-electron chi connectivity index (χ4n) is 1.70. The number of aromatic amines is 1. The van der Waals surface area contributed by atoms with E-state index in [1.165, 1.54) is 7.05 Å². The molecule has 0 fully saturated rings. The summed E-state index contributed by atoms with van der Waals surface area (Å²) in [4.78, 5) is 23.7. The lowest BCUT2D eigenvalue weighted by molar-refractivity contribution is -0.131. The molecule has 0 atom stereocenters. The molecule has 0 aliphatic carbocycles. The SMILES string of the molecule is CN(NC(=O)Nc1n[nH]c(=S)s1)C(=O)CCc1ccc(O)cc1. The van der Waals surface area contributed by atoms with Crippen LogP contribution in [0.5, 0.6) is 5.75 Å². The summed E-state index contributed by atoms with van der Waals surface area (Å²) in [5.41, 5.74) is 3.32. The minimum Gasteiger partial charge on any atom is -0.508 e.